The molecule has 0 radical (unpaired) electrons. The third kappa shape index (κ3) is 2.73. The predicted octanol–water partition coefficient (Wildman–Crippen LogP) is 2.49. The van der Waals surface area contributed by atoms with E-state index in [2.05, 4.69) is 10.1 Å². The van der Waals surface area contributed by atoms with Crippen LogP contribution in [0.15, 0.2) is 28.8 Å². The number of hydrogen-bond acceptors (Lipinski definition) is 4. The summed E-state index contributed by atoms with van der Waals surface area (Å²) in [6, 6.07) is 4.80. The van der Waals surface area contributed by atoms with Gasteiger partial charge in [0.15, 0.2) is 6.29 Å². The van der Waals surface area contributed by atoms with E-state index < -0.39 is 11.7 Å². The van der Waals surface area contributed by atoms with Crippen LogP contribution in [0.25, 0.3) is 0 Å². The van der Waals surface area contributed by atoms with Gasteiger partial charge in [0.05, 0.1) is 12.0 Å². The van der Waals surface area contributed by atoms with Crippen LogP contribution in [0.4, 0.5) is 13.2 Å². The summed E-state index contributed by atoms with van der Waals surface area (Å²) in [5.41, 5.74) is -0.360. The molecule has 0 aliphatic carbocycles. The fraction of sp³-hybridized carbons (Fsp3) is 0.182. The summed E-state index contributed by atoms with van der Waals surface area (Å²) < 4.78 is 42.1. The fourth-order valence-electron chi connectivity index (χ4n) is 1.42. The number of carbonyl (C=O) groups excluding carboxylic acids is 1. The molecule has 1 aromatic heterocycles. The lowest BCUT2D eigenvalue weighted by molar-refractivity contribution is -0.137. The second-order valence-electron chi connectivity index (χ2n) is 3.54. The van der Waals surface area contributed by atoms with Gasteiger partial charge in [0, 0.05) is 0 Å². The van der Waals surface area contributed by atoms with Crippen LogP contribution in [0.1, 0.15) is 27.6 Å². The summed E-state index contributed by atoms with van der Waals surface area (Å²) in [5.74, 6) is -0.0339. The molecule has 0 atom stereocenters. The Morgan fingerprint density at radius 3 is 2.72 bits per heavy atom. The lowest BCUT2D eigenvalue weighted by Gasteiger charge is -2.07. The van der Waals surface area contributed by atoms with Crippen LogP contribution in [0.3, 0.4) is 0 Å². The van der Waals surface area contributed by atoms with Gasteiger partial charge >= 0.3 is 6.18 Å². The Bertz CT molecular complexity index is 563. The maximum Gasteiger partial charge on any atom is 0.416 e. The van der Waals surface area contributed by atoms with Gasteiger partial charge in [0.1, 0.15) is 0 Å². The SMILES string of the molecule is O=Cc1noc(Cc2cccc(C(F)(F)F)c2)n1. The summed E-state index contributed by atoms with van der Waals surface area (Å²) >= 11 is 0. The molecule has 0 saturated carbocycles. The van der Waals surface area contributed by atoms with Crippen LogP contribution >= 0.6 is 0 Å². The number of carbonyl (C=O) groups is 1. The molecule has 1 heterocycles. The summed E-state index contributed by atoms with van der Waals surface area (Å²) in [6.45, 7) is 0. The van der Waals surface area contributed by atoms with E-state index in [1.54, 1.807) is 0 Å². The highest BCUT2D eigenvalue weighted by Gasteiger charge is 2.30. The van der Waals surface area contributed by atoms with Gasteiger partial charge in [-0.2, -0.15) is 18.2 Å². The lowest BCUT2D eigenvalue weighted by atomic mass is 10.1. The highest BCUT2D eigenvalue weighted by Crippen LogP contribution is 2.29. The minimum atomic E-state index is -4.39. The van der Waals surface area contributed by atoms with Gasteiger partial charge < -0.3 is 4.52 Å². The van der Waals surface area contributed by atoms with Crippen molar-refractivity contribution in [3.8, 4) is 0 Å². The van der Waals surface area contributed by atoms with Crippen molar-refractivity contribution in [3.05, 3.63) is 47.1 Å². The van der Waals surface area contributed by atoms with E-state index in [0.29, 0.717) is 11.8 Å². The second kappa shape index (κ2) is 4.59. The Kier molecular flexibility index (Phi) is 3.14. The summed E-state index contributed by atoms with van der Waals surface area (Å²) in [6.07, 6.45) is -3.94. The minimum absolute atomic E-state index is 0.0464. The van der Waals surface area contributed by atoms with Crippen molar-refractivity contribution >= 4 is 6.29 Å². The van der Waals surface area contributed by atoms with Gasteiger partial charge in [0.25, 0.3) is 0 Å². The van der Waals surface area contributed by atoms with Crippen LogP contribution in [0, 0.1) is 0 Å². The largest absolute Gasteiger partial charge is 0.416 e. The Morgan fingerprint density at radius 2 is 2.11 bits per heavy atom. The first-order chi connectivity index (χ1) is 8.49. The van der Waals surface area contributed by atoms with E-state index in [4.69, 9.17) is 4.52 Å². The molecular weight excluding hydrogens is 249 g/mol. The highest BCUT2D eigenvalue weighted by molar-refractivity contribution is 5.68. The van der Waals surface area contributed by atoms with Gasteiger partial charge in [0.2, 0.25) is 11.7 Å². The number of aromatic nitrogens is 2. The number of aldehydes is 1. The fourth-order valence-corrected chi connectivity index (χ4v) is 1.42. The average Bonchev–Trinajstić information content (AvgIpc) is 2.76. The lowest BCUT2D eigenvalue weighted by Crippen LogP contribution is -2.05. The molecule has 0 saturated heterocycles. The Balaban J connectivity index is 2.21. The zero-order chi connectivity index (χ0) is 13.2. The van der Waals surface area contributed by atoms with E-state index >= 15 is 0 Å². The molecule has 1 aromatic carbocycles. The number of benzene rings is 1. The second-order valence-corrected chi connectivity index (χ2v) is 3.54. The van der Waals surface area contributed by atoms with E-state index in [0.717, 1.165) is 12.1 Å². The highest BCUT2D eigenvalue weighted by atomic mass is 19.4. The third-order valence-electron chi connectivity index (χ3n) is 2.20. The third-order valence-corrected chi connectivity index (χ3v) is 2.20. The smallest absolute Gasteiger partial charge is 0.339 e. The molecule has 7 heteroatoms. The molecule has 0 aliphatic heterocycles. The number of nitrogens with zero attached hydrogens (tertiary/aromatic N) is 2. The summed E-state index contributed by atoms with van der Waals surface area (Å²) in [7, 11) is 0. The molecule has 0 N–H and O–H groups in total. The average molecular weight is 256 g/mol. The predicted molar refractivity (Wildman–Crippen MR) is 53.9 cm³/mol. The Hall–Kier alpha value is -2.18. The normalized spacial score (nSPS) is 11.5. The molecule has 2 aromatic rings. The van der Waals surface area contributed by atoms with Crippen LogP contribution in [0.2, 0.25) is 0 Å². The standard InChI is InChI=1S/C11H7F3N2O2/c12-11(13,14)8-3-1-2-7(4-8)5-10-15-9(6-17)16-18-10/h1-4,6H,5H2. The van der Waals surface area contributed by atoms with Gasteiger partial charge in [-0.3, -0.25) is 4.79 Å². The topological polar surface area (TPSA) is 56.0 Å². The van der Waals surface area contributed by atoms with Crippen molar-refractivity contribution in [3.63, 3.8) is 0 Å². The van der Waals surface area contributed by atoms with Gasteiger partial charge in [-0.05, 0) is 11.6 Å². The van der Waals surface area contributed by atoms with Crippen molar-refractivity contribution < 1.29 is 22.5 Å². The molecule has 4 nitrogen and oxygen atoms in total. The quantitative estimate of drug-likeness (QED) is 0.791. The first-order valence-electron chi connectivity index (χ1n) is 4.93. The molecule has 94 valence electrons. The first-order valence-corrected chi connectivity index (χ1v) is 4.93. The van der Waals surface area contributed by atoms with Crippen LogP contribution < -0.4 is 0 Å². The molecule has 0 unspecified atom stereocenters. The van der Waals surface area contributed by atoms with Crippen molar-refractivity contribution in [2.24, 2.45) is 0 Å². The zero-order valence-electron chi connectivity index (χ0n) is 8.94. The minimum Gasteiger partial charge on any atom is -0.339 e. The van der Waals surface area contributed by atoms with E-state index in [1.165, 1.54) is 12.1 Å². The van der Waals surface area contributed by atoms with Crippen molar-refractivity contribution in [1.29, 1.82) is 0 Å². The zero-order valence-corrected chi connectivity index (χ0v) is 8.94. The van der Waals surface area contributed by atoms with Gasteiger partial charge in [-0.25, -0.2) is 0 Å². The molecule has 2 rings (SSSR count). The van der Waals surface area contributed by atoms with Crippen LogP contribution in [-0.4, -0.2) is 16.4 Å². The Labute approximate surface area is 99.4 Å². The van der Waals surface area contributed by atoms with E-state index in [1.807, 2.05) is 0 Å². The molecule has 18 heavy (non-hydrogen) atoms. The van der Waals surface area contributed by atoms with Crippen LogP contribution in [0.5, 0.6) is 0 Å². The summed E-state index contributed by atoms with van der Waals surface area (Å²) in [5, 5.41) is 3.33. The van der Waals surface area contributed by atoms with Crippen LogP contribution in [-0.2, 0) is 12.6 Å². The van der Waals surface area contributed by atoms with Crippen molar-refractivity contribution in [1.82, 2.24) is 10.1 Å². The van der Waals surface area contributed by atoms with Gasteiger partial charge in [-0.1, -0.05) is 23.4 Å². The van der Waals surface area contributed by atoms with Gasteiger partial charge in [-0.15, -0.1) is 0 Å². The maximum absolute atomic E-state index is 12.5. The molecule has 0 fully saturated rings. The molecule has 0 amide bonds. The number of halogens is 3. The van der Waals surface area contributed by atoms with Crippen molar-refractivity contribution in [2.75, 3.05) is 0 Å². The first kappa shape index (κ1) is 12.3. The summed E-state index contributed by atoms with van der Waals surface area (Å²) in [4.78, 5) is 14.0. The van der Waals surface area contributed by atoms with E-state index in [-0.39, 0.29) is 18.1 Å². The molecular formula is C11H7F3N2O2. The monoisotopic (exact) mass is 256 g/mol. The number of alkyl halides is 3. The van der Waals surface area contributed by atoms with E-state index in [9.17, 15) is 18.0 Å². The number of hydrogen-bond donors (Lipinski definition) is 0. The van der Waals surface area contributed by atoms with Crippen molar-refractivity contribution in [2.45, 2.75) is 12.6 Å². The molecule has 0 aliphatic rings. The Morgan fingerprint density at radius 1 is 1.33 bits per heavy atom. The molecule has 0 spiro atoms. The molecule has 0 bridgehead atoms. The maximum atomic E-state index is 12.5. The number of rotatable bonds is 3.